The second kappa shape index (κ2) is 5.42. The molecule has 0 unspecified atom stereocenters. The summed E-state index contributed by atoms with van der Waals surface area (Å²) in [6.07, 6.45) is 0. The zero-order valence-corrected chi connectivity index (χ0v) is 9.80. The first-order chi connectivity index (χ1) is 7.19. The first kappa shape index (κ1) is 11.6. The maximum absolute atomic E-state index is 11.1. The van der Waals surface area contributed by atoms with Gasteiger partial charge in [-0.2, -0.15) is 0 Å². The van der Waals surface area contributed by atoms with Gasteiger partial charge in [0.25, 0.3) is 0 Å². The Balaban J connectivity index is 3.21. The third kappa shape index (κ3) is 3.00. The Morgan fingerprint density at radius 1 is 1.60 bits per heavy atom. The summed E-state index contributed by atoms with van der Waals surface area (Å²) in [6, 6.07) is 5.04. The topological polar surface area (TPSA) is 52.3 Å². The number of methoxy groups -OCH3 is 1. The number of benzene rings is 1. The molecule has 15 heavy (non-hydrogen) atoms. The van der Waals surface area contributed by atoms with Gasteiger partial charge in [-0.05, 0) is 18.2 Å². The molecule has 0 aliphatic heterocycles. The quantitative estimate of drug-likeness (QED) is 0.653. The molecule has 0 atom stereocenters. The zero-order chi connectivity index (χ0) is 11.3. The van der Waals surface area contributed by atoms with E-state index < -0.39 is 5.91 Å². The number of hydrogen-bond donors (Lipinski definition) is 1. The van der Waals surface area contributed by atoms with E-state index in [9.17, 15) is 4.79 Å². The van der Waals surface area contributed by atoms with Gasteiger partial charge in [0.05, 0.1) is 18.0 Å². The smallest absolute Gasteiger partial charge is 0.250 e. The Kier molecular flexibility index (Phi) is 4.19. The Bertz CT molecular complexity index is 432. The molecule has 0 heterocycles. The van der Waals surface area contributed by atoms with Crippen molar-refractivity contribution < 1.29 is 9.53 Å². The summed E-state index contributed by atoms with van der Waals surface area (Å²) in [4.78, 5) is 11.1. The number of carbonyl (C=O) groups excluding carboxylic acids is 1. The molecule has 0 aromatic heterocycles. The third-order valence-corrected chi connectivity index (χ3v) is 2.06. The van der Waals surface area contributed by atoms with Crippen molar-refractivity contribution in [2.24, 2.45) is 5.73 Å². The molecule has 0 spiro atoms. The van der Waals surface area contributed by atoms with Crippen LogP contribution < -0.4 is 10.5 Å². The van der Waals surface area contributed by atoms with Crippen molar-refractivity contribution in [3.63, 3.8) is 0 Å². The Morgan fingerprint density at radius 2 is 2.33 bits per heavy atom. The lowest BCUT2D eigenvalue weighted by Gasteiger charge is -2.03. The first-order valence-electron chi connectivity index (χ1n) is 4.21. The molecule has 78 valence electrons. The van der Waals surface area contributed by atoms with Crippen LogP contribution in [0, 0.1) is 11.8 Å². The molecular weight excluding hydrogens is 258 g/mol. The lowest BCUT2D eigenvalue weighted by molar-refractivity contribution is 0.1000. The predicted molar refractivity (Wildman–Crippen MR) is 62.2 cm³/mol. The molecule has 0 bridgehead atoms. The van der Waals surface area contributed by atoms with E-state index in [0.717, 1.165) is 0 Å². The van der Waals surface area contributed by atoms with Crippen molar-refractivity contribution in [3.05, 3.63) is 29.3 Å². The molecule has 0 aliphatic rings. The normalized spacial score (nSPS) is 8.93. The number of halogens is 1. The molecule has 1 amide bonds. The van der Waals surface area contributed by atoms with Crippen molar-refractivity contribution >= 4 is 21.8 Å². The molecule has 0 fully saturated rings. The monoisotopic (exact) mass is 267 g/mol. The minimum absolute atomic E-state index is 0.378. The summed E-state index contributed by atoms with van der Waals surface area (Å²) in [5.74, 6) is 5.74. The van der Waals surface area contributed by atoms with Gasteiger partial charge in [-0.3, -0.25) is 4.79 Å². The van der Waals surface area contributed by atoms with Crippen molar-refractivity contribution in [1.82, 2.24) is 0 Å². The minimum atomic E-state index is -0.507. The fraction of sp³-hybridized carbons (Fsp3) is 0.182. The molecule has 0 saturated carbocycles. The van der Waals surface area contributed by atoms with Crippen LogP contribution in [0.4, 0.5) is 0 Å². The molecular formula is C11H10BrNO2. The van der Waals surface area contributed by atoms with Crippen LogP contribution in [0.25, 0.3) is 0 Å². The highest BCUT2D eigenvalue weighted by Gasteiger charge is 2.07. The van der Waals surface area contributed by atoms with E-state index in [-0.39, 0.29) is 0 Å². The fourth-order valence-electron chi connectivity index (χ4n) is 1.09. The van der Waals surface area contributed by atoms with Gasteiger partial charge in [-0.15, -0.1) is 0 Å². The molecule has 1 aromatic rings. The van der Waals surface area contributed by atoms with Gasteiger partial charge in [0.15, 0.2) is 0 Å². The summed E-state index contributed by atoms with van der Waals surface area (Å²) in [6.45, 7) is 0. The maximum Gasteiger partial charge on any atom is 0.250 e. The van der Waals surface area contributed by atoms with E-state index in [0.29, 0.717) is 22.2 Å². The van der Waals surface area contributed by atoms with Gasteiger partial charge in [-0.1, -0.05) is 27.8 Å². The highest BCUT2D eigenvalue weighted by atomic mass is 79.9. The van der Waals surface area contributed by atoms with E-state index in [1.807, 2.05) is 0 Å². The Labute approximate surface area is 96.7 Å². The standard InChI is InChI=1S/C11H10BrNO2/c1-15-9-5-4-8(3-2-6-12)10(7-9)11(13)14/h4-5,7H,6H2,1H3,(H2,13,14). The predicted octanol–water partition coefficient (Wildman–Crippen LogP) is 1.54. The number of primary amides is 1. The average molecular weight is 268 g/mol. The lowest BCUT2D eigenvalue weighted by atomic mass is 10.1. The van der Waals surface area contributed by atoms with Crippen LogP contribution in [0.15, 0.2) is 18.2 Å². The summed E-state index contributed by atoms with van der Waals surface area (Å²) >= 11 is 3.18. The molecule has 3 nitrogen and oxygen atoms in total. The molecule has 1 rings (SSSR count). The number of carbonyl (C=O) groups is 1. The van der Waals surface area contributed by atoms with Crippen LogP contribution in [0.1, 0.15) is 15.9 Å². The van der Waals surface area contributed by atoms with Crippen molar-refractivity contribution in [2.45, 2.75) is 0 Å². The highest BCUT2D eigenvalue weighted by Crippen LogP contribution is 2.16. The van der Waals surface area contributed by atoms with Crippen LogP contribution in [0.3, 0.4) is 0 Å². The number of rotatable bonds is 2. The molecule has 2 N–H and O–H groups in total. The minimum Gasteiger partial charge on any atom is -0.497 e. The van der Waals surface area contributed by atoms with E-state index in [2.05, 4.69) is 27.8 Å². The number of amides is 1. The average Bonchev–Trinajstić information content (AvgIpc) is 2.26. The van der Waals surface area contributed by atoms with Crippen LogP contribution in [-0.2, 0) is 0 Å². The fourth-order valence-corrected chi connectivity index (χ4v) is 1.23. The van der Waals surface area contributed by atoms with Gasteiger partial charge in [0.2, 0.25) is 5.91 Å². The highest BCUT2D eigenvalue weighted by molar-refractivity contribution is 9.09. The molecule has 1 aromatic carbocycles. The van der Waals surface area contributed by atoms with E-state index in [1.54, 1.807) is 18.2 Å². The SMILES string of the molecule is COc1ccc(C#CCBr)c(C(N)=O)c1. The zero-order valence-electron chi connectivity index (χ0n) is 8.21. The van der Waals surface area contributed by atoms with Gasteiger partial charge < -0.3 is 10.5 Å². The Morgan fingerprint density at radius 3 is 2.87 bits per heavy atom. The number of nitrogens with two attached hydrogens (primary N) is 1. The van der Waals surface area contributed by atoms with Gasteiger partial charge in [0, 0.05) is 5.56 Å². The Hall–Kier alpha value is -1.47. The molecule has 0 saturated heterocycles. The van der Waals surface area contributed by atoms with Crippen molar-refractivity contribution in [3.8, 4) is 17.6 Å². The third-order valence-electron chi connectivity index (χ3n) is 1.78. The second-order valence-electron chi connectivity index (χ2n) is 2.71. The van der Waals surface area contributed by atoms with Crippen LogP contribution >= 0.6 is 15.9 Å². The maximum atomic E-state index is 11.1. The van der Waals surface area contributed by atoms with E-state index in [4.69, 9.17) is 10.5 Å². The van der Waals surface area contributed by atoms with Gasteiger partial charge >= 0.3 is 0 Å². The molecule has 0 aliphatic carbocycles. The summed E-state index contributed by atoms with van der Waals surface area (Å²) in [5, 5.41) is 0.553. The lowest BCUT2D eigenvalue weighted by Crippen LogP contribution is -2.13. The van der Waals surface area contributed by atoms with E-state index >= 15 is 0 Å². The number of alkyl halides is 1. The largest absolute Gasteiger partial charge is 0.497 e. The van der Waals surface area contributed by atoms with Crippen molar-refractivity contribution in [1.29, 1.82) is 0 Å². The van der Waals surface area contributed by atoms with E-state index in [1.165, 1.54) is 7.11 Å². The first-order valence-corrected chi connectivity index (χ1v) is 5.34. The van der Waals surface area contributed by atoms with Crippen LogP contribution in [-0.4, -0.2) is 18.3 Å². The number of hydrogen-bond acceptors (Lipinski definition) is 2. The van der Waals surface area contributed by atoms with Crippen LogP contribution in [0.2, 0.25) is 0 Å². The second-order valence-corrected chi connectivity index (χ2v) is 3.27. The summed E-state index contributed by atoms with van der Waals surface area (Å²) in [5.41, 5.74) is 6.23. The summed E-state index contributed by atoms with van der Waals surface area (Å²) in [7, 11) is 1.53. The number of ether oxygens (including phenoxy) is 1. The van der Waals surface area contributed by atoms with Crippen LogP contribution in [0.5, 0.6) is 5.75 Å². The molecule has 0 radical (unpaired) electrons. The summed E-state index contributed by atoms with van der Waals surface area (Å²) < 4.78 is 5.00. The molecule has 4 heteroatoms. The van der Waals surface area contributed by atoms with Gasteiger partial charge in [-0.25, -0.2) is 0 Å². The van der Waals surface area contributed by atoms with Crippen molar-refractivity contribution in [2.75, 3.05) is 12.4 Å². The van der Waals surface area contributed by atoms with Gasteiger partial charge in [0.1, 0.15) is 5.75 Å².